The van der Waals surface area contributed by atoms with Crippen LogP contribution < -0.4 is 0 Å². The van der Waals surface area contributed by atoms with Gasteiger partial charge in [0.2, 0.25) is 0 Å². The molecule has 82 valence electrons. The number of hydrogen-bond donors (Lipinski definition) is 1. The number of carboxylic acids is 1. The Kier molecular flexibility index (Phi) is 7.11. The van der Waals surface area contributed by atoms with Gasteiger partial charge in [0.05, 0.1) is 0 Å². The number of hydrogen-bond acceptors (Lipinski definition) is 2. The highest BCUT2D eigenvalue weighted by Gasteiger charge is 2.08. The fourth-order valence-electron chi connectivity index (χ4n) is 1.32. The van der Waals surface area contributed by atoms with Crippen molar-refractivity contribution in [2.24, 2.45) is 0 Å². The normalized spacial score (nSPS) is 10.9. The molecule has 0 aliphatic carbocycles. The molecule has 0 aromatic rings. The summed E-state index contributed by atoms with van der Waals surface area (Å²) < 4.78 is 0. The van der Waals surface area contributed by atoms with E-state index in [-0.39, 0.29) is 6.42 Å². The Bertz CT molecular complexity index is 178. The lowest BCUT2D eigenvalue weighted by Crippen LogP contribution is -2.32. The Balaban J connectivity index is 3.72. The Morgan fingerprint density at radius 2 is 2.14 bits per heavy atom. The molecular formula is C11H21NO2. The molecule has 0 saturated heterocycles. The molecule has 0 radical (unpaired) electrons. The number of aliphatic carboxylic acids is 1. The molecule has 0 unspecified atom stereocenters. The Labute approximate surface area is 86.4 Å². The highest BCUT2D eigenvalue weighted by Crippen LogP contribution is 2.03. The summed E-state index contributed by atoms with van der Waals surface area (Å²) in [6, 6.07) is 0.476. The van der Waals surface area contributed by atoms with Crippen LogP contribution in [0.3, 0.4) is 0 Å². The summed E-state index contributed by atoms with van der Waals surface area (Å²) in [7, 11) is 0. The van der Waals surface area contributed by atoms with Crippen LogP contribution in [0.1, 0.15) is 33.1 Å². The van der Waals surface area contributed by atoms with Gasteiger partial charge in [0.25, 0.3) is 0 Å². The van der Waals surface area contributed by atoms with Crippen LogP contribution in [0.15, 0.2) is 12.7 Å². The van der Waals surface area contributed by atoms with Gasteiger partial charge in [-0.25, -0.2) is 0 Å². The lowest BCUT2D eigenvalue weighted by atomic mass is 10.2. The molecule has 0 spiro atoms. The van der Waals surface area contributed by atoms with E-state index >= 15 is 0 Å². The molecule has 0 atom stereocenters. The van der Waals surface area contributed by atoms with Crippen LogP contribution in [-0.4, -0.2) is 35.1 Å². The van der Waals surface area contributed by atoms with E-state index in [1.165, 1.54) is 0 Å². The van der Waals surface area contributed by atoms with E-state index in [2.05, 4.69) is 25.3 Å². The molecule has 1 N–H and O–H groups in total. The number of carboxylic acid groups (broad SMARTS) is 1. The first-order valence-corrected chi connectivity index (χ1v) is 5.14. The summed E-state index contributed by atoms with van der Waals surface area (Å²) >= 11 is 0. The van der Waals surface area contributed by atoms with Crippen molar-refractivity contribution in [1.29, 1.82) is 0 Å². The summed E-state index contributed by atoms with van der Waals surface area (Å²) in [6.07, 6.45) is 3.85. The topological polar surface area (TPSA) is 40.5 Å². The predicted octanol–water partition coefficient (Wildman–Crippen LogP) is 2.14. The average molecular weight is 199 g/mol. The molecule has 0 fully saturated rings. The van der Waals surface area contributed by atoms with Crippen molar-refractivity contribution < 1.29 is 9.90 Å². The van der Waals surface area contributed by atoms with Crippen molar-refractivity contribution in [1.82, 2.24) is 4.90 Å². The fourth-order valence-corrected chi connectivity index (χ4v) is 1.32. The van der Waals surface area contributed by atoms with Crippen LogP contribution in [0.4, 0.5) is 0 Å². The molecule has 0 saturated carbocycles. The monoisotopic (exact) mass is 199 g/mol. The van der Waals surface area contributed by atoms with Gasteiger partial charge in [0.15, 0.2) is 0 Å². The zero-order valence-electron chi connectivity index (χ0n) is 9.20. The lowest BCUT2D eigenvalue weighted by molar-refractivity contribution is -0.137. The molecule has 0 aliphatic heterocycles. The van der Waals surface area contributed by atoms with E-state index in [4.69, 9.17) is 5.11 Å². The number of carbonyl (C=O) groups is 1. The maximum atomic E-state index is 10.3. The largest absolute Gasteiger partial charge is 0.481 e. The maximum Gasteiger partial charge on any atom is 0.303 e. The maximum absolute atomic E-state index is 10.3. The fraction of sp³-hybridized carbons (Fsp3) is 0.727. The zero-order chi connectivity index (χ0) is 11.0. The van der Waals surface area contributed by atoms with Gasteiger partial charge < -0.3 is 10.0 Å². The molecule has 0 aromatic heterocycles. The molecule has 0 bridgehead atoms. The van der Waals surface area contributed by atoms with Gasteiger partial charge in [-0.2, -0.15) is 0 Å². The molecule has 0 rings (SSSR count). The summed E-state index contributed by atoms with van der Waals surface area (Å²) in [5.74, 6) is -0.711. The van der Waals surface area contributed by atoms with Gasteiger partial charge in [-0.15, -0.1) is 6.58 Å². The first kappa shape index (κ1) is 13.2. The zero-order valence-corrected chi connectivity index (χ0v) is 9.20. The second kappa shape index (κ2) is 7.56. The van der Waals surface area contributed by atoms with Gasteiger partial charge >= 0.3 is 5.97 Å². The van der Waals surface area contributed by atoms with Gasteiger partial charge in [-0.1, -0.05) is 6.08 Å². The Morgan fingerprint density at radius 3 is 2.57 bits per heavy atom. The first-order chi connectivity index (χ1) is 6.57. The minimum Gasteiger partial charge on any atom is -0.481 e. The second-order valence-electron chi connectivity index (χ2n) is 3.70. The SMILES string of the molecule is C=CCCN(CCCC(=O)O)C(C)C. The standard InChI is InChI=1S/C11H21NO2/c1-4-5-8-12(10(2)3)9-6-7-11(13)14/h4,10H,1,5-9H2,2-3H3,(H,13,14). The van der Waals surface area contributed by atoms with Crippen molar-refractivity contribution in [3.05, 3.63) is 12.7 Å². The molecule has 0 heterocycles. The van der Waals surface area contributed by atoms with Crippen molar-refractivity contribution in [3.63, 3.8) is 0 Å². The Hall–Kier alpha value is -0.830. The van der Waals surface area contributed by atoms with Crippen molar-refractivity contribution >= 4 is 5.97 Å². The highest BCUT2D eigenvalue weighted by molar-refractivity contribution is 5.66. The van der Waals surface area contributed by atoms with E-state index in [1.807, 2.05) is 6.08 Å². The highest BCUT2D eigenvalue weighted by atomic mass is 16.4. The van der Waals surface area contributed by atoms with Gasteiger partial charge in [-0.3, -0.25) is 4.79 Å². The van der Waals surface area contributed by atoms with E-state index in [0.29, 0.717) is 6.04 Å². The predicted molar refractivity (Wildman–Crippen MR) is 58.4 cm³/mol. The average Bonchev–Trinajstić information content (AvgIpc) is 2.09. The van der Waals surface area contributed by atoms with E-state index in [9.17, 15) is 4.79 Å². The smallest absolute Gasteiger partial charge is 0.303 e. The molecule has 0 aliphatic rings. The minimum absolute atomic E-state index is 0.261. The first-order valence-electron chi connectivity index (χ1n) is 5.14. The lowest BCUT2D eigenvalue weighted by Gasteiger charge is -2.25. The van der Waals surface area contributed by atoms with Crippen LogP contribution in [0.2, 0.25) is 0 Å². The molecule has 0 aromatic carbocycles. The molecular weight excluding hydrogens is 178 g/mol. The van der Waals surface area contributed by atoms with Gasteiger partial charge in [0.1, 0.15) is 0 Å². The summed E-state index contributed by atoms with van der Waals surface area (Å²) in [4.78, 5) is 12.6. The van der Waals surface area contributed by atoms with E-state index < -0.39 is 5.97 Å². The van der Waals surface area contributed by atoms with Crippen LogP contribution >= 0.6 is 0 Å². The third kappa shape index (κ3) is 6.66. The van der Waals surface area contributed by atoms with E-state index in [0.717, 1.165) is 25.9 Å². The summed E-state index contributed by atoms with van der Waals surface area (Å²) in [5.41, 5.74) is 0. The number of nitrogens with zero attached hydrogens (tertiary/aromatic N) is 1. The number of rotatable bonds is 8. The van der Waals surface area contributed by atoms with E-state index in [1.54, 1.807) is 0 Å². The van der Waals surface area contributed by atoms with Crippen molar-refractivity contribution in [2.45, 2.75) is 39.2 Å². The summed E-state index contributed by atoms with van der Waals surface area (Å²) in [5, 5.41) is 8.51. The van der Waals surface area contributed by atoms with Crippen LogP contribution in [0.25, 0.3) is 0 Å². The molecule has 3 nitrogen and oxygen atoms in total. The third-order valence-electron chi connectivity index (χ3n) is 2.19. The van der Waals surface area contributed by atoms with Crippen LogP contribution in [0, 0.1) is 0 Å². The minimum atomic E-state index is -0.711. The van der Waals surface area contributed by atoms with Gasteiger partial charge in [0, 0.05) is 19.0 Å². The second-order valence-corrected chi connectivity index (χ2v) is 3.70. The summed E-state index contributed by atoms with van der Waals surface area (Å²) in [6.45, 7) is 9.77. The quantitative estimate of drug-likeness (QED) is 0.609. The molecule has 0 amide bonds. The van der Waals surface area contributed by atoms with Crippen molar-refractivity contribution in [3.8, 4) is 0 Å². The van der Waals surface area contributed by atoms with Crippen LogP contribution in [-0.2, 0) is 4.79 Å². The van der Waals surface area contributed by atoms with Crippen molar-refractivity contribution in [2.75, 3.05) is 13.1 Å². The third-order valence-corrected chi connectivity index (χ3v) is 2.19. The van der Waals surface area contributed by atoms with Crippen LogP contribution in [0.5, 0.6) is 0 Å². The Morgan fingerprint density at radius 1 is 1.50 bits per heavy atom. The molecule has 3 heteroatoms. The van der Waals surface area contributed by atoms with Gasteiger partial charge in [-0.05, 0) is 33.2 Å². The molecule has 14 heavy (non-hydrogen) atoms.